The quantitative estimate of drug-likeness (QED) is 0.508. The van der Waals surface area contributed by atoms with Crippen LogP contribution in [0.3, 0.4) is 0 Å². The molecule has 0 bridgehead atoms. The number of alkyl halides is 2. The normalized spacial score (nSPS) is 14.5. The van der Waals surface area contributed by atoms with Gasteiger partial charge in [-0.15, -0.1) is 23.2 Å². The molecule has 66 valence electrons. The van der Waals surface area contributed by atoms with E-state index in [1.54, 1.807) is 6.08 Å². The van der Waals surface area contributed by atoms with E-state index in [-0.39, 0.29) is 0 Å². The van der Waals surface area contributed by atoms with E-state index in [2.05, 4.69) is 0 Å². The minimum absolute atomic E-state index is 0.440. The maximum Gasteiger partial charge on any atom is 0.125 e. The van der Waals surface area contributed by atoms with Gasteiger partial charge in [0, 0.05) is 22.3 Å². The highest BCUT2D eigenvalue weighted by Gasteiger charge is 1.93. The predicted molar refractivity (Wildman–Crippen MR) is 52.8 cm³/mol. The van der Waals surface area contributed by atoms with Crippen molar-refractivity contribution in [2.24, 2.45) is 0 Å². The highest BCUT2D eigenvalue weighted by molar-refractivity contribution is 7.84. The number of halogens is 2. The number of allylic oxidation sites excluding steroid dienone is 2. The highest BCUT2D eigenvalue weighted by atomic mass is 35.5. The molecule has 0 aliphatic carbocycles. The van der Waals surface area contributed by atoms with Gasteiger partial charge in [-0.3, -0.25) is 4.21 Å². The minimum Gasteiger partial charge on any atom is -0.260 e. The van der Waals surface area contributed by atoms with Crippen LogP contribution >= 0.6 is 23.2 Å². The summed E-state index contributed by atoms with van der Waals surface area (Å²) >= 11 is 10.9. The van der Waals surface area contributed by atoms with E-state index in [9.17, 15) is 4.21 Å². The summed E-state index contributed by atoms with van der Waals surface area (Å²) in [5.74, 6) is 1.42. The summed E-state index contributed by atoms with van der Waals surface area (Å²) in [4.78, 5) is -0.440. The van der Waals surface area contributed by atoms with Crippen LogP contribution in [0.15, 0.2) is 12.2 Å². The average Bonchev–Trinajstić information content (AvgIpc) is 1.97. The van der Waals surface area contributed by atoms with Crippen molar-refractivity contribution in [3.63, 3.8) is 0 Å². The second-order valence-corrected chi connectivity index (χ2v) is 5.01. The van der Waals surface area contributed by atoms with Crippen LogP contribution in [-0.2, 0) is 10.8 Å². The fourth-order valence-corrected chi connectivity index (χ4v) is 1.44. The summed E-state index contributed by atoms with van der Waals surface area (Å²) in [7, 11) is -0.679. The first-order valence-corrected chi connectivity index (χ1v) is 5.82. The molecule has 0 rings (SSSR count). The Kier molecular flexibility index (Phi) is 7.44. The number of hydrogen-bond acceptors (Lipinski definition) is 1. The summed E-state index contributed by atoms with van der Waals surface area (Å²) in [6.45, 7) is 1.91. The maximum absolute atomic E-state index is 10.9. The van der Waals surface area contributed by atoms with E-state index in [1.165, 1.54) is 0 Å². The molecule has 0 saturated carbocycles. The van der Waals surface area contributed by atoms with E-state index >= 15 is 0 Å². The highest BCUT2D eigenvalue weighted by Crippen LogP contribution is 2.03. The SMILES string of the molecule is CCS(=O)CCC=CC(Cl)Cl. The molecule has 0 aliphatic heterocycles. The Labute approximate surface area is 80.2 Å². The van der Waals surface area contributed by atoms with Crippen LogP contribution in [0.4, 0.5) is 0 Å². The predicted octanol–water partition coefficient (Wildman–Crippen LogP) is 2.51. The second-order valence-electron chi connectivity index (χ2n) is 1.98. The first-order valence-electron chi connectivity index (χ1n) is 3.46. The number of hydrogen-bond donors (Lipinski definition) is 0. The molecule has 0 aromatic heterocycles. The summed E-state index contributed by atoms with van der Waals surface area (Å²) in [5, 5.41) is 0. The fourth-order valence-electron chi connectivity index (χ4n) is 0.543. The topological polar surface area (TPSA) is 17.1 Å². The molecule has 11 heavy (non-hydrogen) atoms. The molecule has 0 N–H and O–H groups in total. The van der Waals surface area contributed by atoms with Crippen LogP contribution in [-0.4, -0.2) is 20.6 Å². The van der Waals surface area contributed by atoms with E-state index in [0.29, 0.717) is 5.75 Å². The molecule has 0 spiro atoms. The maximum atomic E-state index is 10.9. The van der Waals surface area contributed by atoms with Crippen LogP contribution in [0.5, 0.6) is 0 Å². The molecule has 1 atom stereocenters. The zero-order valence-corrected chi connectivity index (χ0v) is 8.75. The van der Waals surface area contributed by atoms with Crippen LogP contribution in [0.1, 0.15) is 13.3 Å². The zero-order chi connectivity index (χ0) is 8.69. The van der Waals surface area contributed by atoms with E-state index in [4.69, 9.17) is 23.2 Å². The molecule has 0 amide bonds. The lowest BCUT2D eigenvalue weighted by molar-refractivity contribution is 0.683. The van der Waals surface area contributed by atoms with Crippen LogP contribution < -0.4 is 0 Å². The third kappa shape index (κ3) is 8.38. The van der Waals surface area contributed by atoms with Gasteiger partial charge in [-0.2, -0.15) is 0 Å². The lowest BCUT2D eigenvalue weighted by atomic mass is 10.4. The van der Waals surface area contributed by atoms with Crippen molar-refractivity contribution in [1.82, 2.24) is 0 Å². The van der Waals surface area contributed by atoms with Crippen molar-refractivity contribution in [3.05, 3.63) is 12.2 Å². The van der Waals surface area contributed by atoms with Crippen LogP contribution in [0.25, 0.3) is 0 Å². The Balaban J connectivity index is 3.34. The summed E-state index contributed by atoms with van der Waals surface area (Å²) in [6.07, 6.45) is 4.34. The van der Waals surface area contributed by atoms with E-state index in [1.807, 2.05) is 13.0 Å². The van der Waals surface area contributed by atoms with Gasteiger partial charge < -0.3 is 0 Å². The van der Waals surface area contributed by atoms with Crippen molar-refractivity contribution in [2.75, 3.05) is 11.5 Å². The Morgan fingerprint density at radius 3 is 2.64 bits per heavy atom. The van der Waals surface area contributed by atoms with Crippen LogP contribution in [0.2, 0.25) is 0 Å². The van der Waals surface area contributed by atoms with Crippen LogP contribution in [0, 0.1) is 0 Å². The third-order valence-corrected chi connectivity index (χ3v) is 2.74. The van der Waals surface area contributed by atoms with Gasteiger partial charge in [0.1, 0.15) is 4.84 Å². The van der Waals surface area contributed by atoms with E-state index in [0.717, 1.165) is 12.2 Å². The first kappa shape index (κ1) is 11.5. The Morgan fingerprint density at radius 1 is 1.55 bits per heavy atom. The zero-order valence-electron chi connectivity index (χ0n) is 6.43. The van der Waals surface area contributed by atoms with Gasteiger partial charge in [-0.05, 0) is 6.42 Å². The molecule has 4 heteroatoms. The van der Waals surface area contributed by atoms with Gasteiger partial charge in [0.15, 0.2) is 0 Å². The lowest BCUT2D eigenvalue weighted by Crippen LogP contribution is -1.97. The Hall–Kier alpha value is 0.470. The largest absolute Gasteiger partial charge is 0.260 e. The molecule has 1 nitrogen and oxygen atoms in total. The van der Waals surface area contributed by atoms with Gasteiger partial charge in [-0.1, -0.05) is 19.1 Å². The van der Waals surface area contributed by atoms with Gasteiger partial charge >= 0.3 is 0 Å². The molecular weight excluding hydrogens is 203 g/mol. The standard InChI is InChI=1S/C7H12Cl2OS/c1-2-11(10)6-4-3-5-7(8)9/h3,5,7H,2,4,6H2,1H3. The summed E-state index contributed by atoms with van der Waals surface area (Å²) < 4.78 is 10.9. The fraction of sp³-hybridized carbons (Fsp3) is 0.714. The smallest absolute Gasteiger partial charge is 0.125 e. The first-order chi connectivity index (χ1) is 5.16. The van der Waals surface area contributed by atoms with Gasteiger partial charge in [0.25, 0.3) is 0 Å². The average molecular weight is 215 g/mol. The molecule has 1 unspecified atom stereocenters. The second kappa shape index (κ2) is 7.14. The molecule has 0 aliphatic rings. The molecule has 0 heterocycles. The van der Waals surface area contributed by atoms with Crippen molar-refractivity contribution in [2.45, 2.75) is 18.2 Å². The molecule has 0 saturated heterocycles. The van der Waals surface area contributed by atoms with E-state index < -0.39 is 15.6 Å². The summed E-state index contributed by atoms with van der Waals surface area (Å²) in [5.41, 5.74) is 0. The Bertz CT molecular complexity index is 145. The molecule has 0 aromatic carbocycles. The Morgan fingerprint density at radius 2 is 2.18 bits per heavy atom. The van der Waals surface area contributed by atoms with Crippen molar-refractivity contribution < 1.29 is 4.21 Å². The van der Waals surface area contributed by atoms with Gasteiger partial charge in [0.05, 0.1) is 0 Å². The van der Waals surface area contributed by atoms with Crippen molar-refractivity contribution in [1.29, 1.82) is 0 Å². The molecule has 0 radical (unpaired) electrons. The number of rotatable bonds is 5. The lowest BCUT2D eigenvalue weighted by Gasteiger charge is -1.93. The van der Waals surface area contributed by atoms with Crippen molar-refractivity contribution in [3.8, 4) is 0 Å². The molecule has 0 fully saturated rings. The third-order valence-electron chi connectivity index (χ3n) is 1.12. The summed E-state index contributed by atoms with van der Waals surface area (Å²) in [6, 6.07) is 0. The minimum atomic E-state index is -0.679. The van der Waals surface area contributed by atoms with Gasteiger partial charge in [-0.25, -0.2) is 0 Å². The van der Waals surface area contributed by atoms with Gasteiger partial charge in [0.2, 0.25) is 0 Å². The molecular formula is C7H12Cl2OS. The monoisotopic (exact) mass is 214 g/mol. The van der Waals surface area contributed by atoms with Crippen molar-refractivity contribution >= 4 is 34.0 Å². The molecule has 0 aromatic rings.